The van der Waals surface area contributed by atoms with Crippen LogP contribution in [0.1, 0.15) is 26.7 Å². The summed E-state index contributed by atoms with van der Waals surface area (Å²) in [5, 5.41) is 14.1. The van der Waals surface area contributed by atoms with Gasteiger partial charge in [-0.05, 0) is 33.9 Å². The molecule has 0 atom stereocenters. The summed E-state index contributed by atoms with van der Waals surface area (Å²) in [6, 6.07) is 0. The van der Waals surface area contributed by atoms with Crippen LogP contribution in [0.4, 0.5) is 0 Å². The van der Waals surface area contributed by atoms with E-state index in [4.69, 9.17) is 5.11 Å². The van der Waals surface area contributed by atoms with Crippen LogP contribution in [0.3, 0.4) is 0 Å². The van der Waals surface area contributed by atoms with E-state index in [2.05, 4.69) is 10.6 Å². The third-order valence-corrected chi connectivity index (χ3v) is 1.82. The Kier molecular flexibility index (Phi) is 5.15. The minimum Gasteiger partial charge on any atom is -0.480 e. The summed E-state index contributed by atoms with van der Waals surface area (Å²) in [4.78, 5) is 21.9. The number of hydrogen-bond acceptors (Lipinski definition) is 3. The number of nitrogens with one attached hydrogen (secondary N) is 2. The van der Waals surface area contributed by atoms with E-state index < -0.39 is 11.5 Å². The summed E-state index contributed by atoms with van der Waals surface area (Å²) in [7, 11) is 1.80. The molecule has 0 radical (unpaired) electrons. The van der Waals surface area contributed by atoms with Gasteiger partial charge in [0, 0.05) is 6.42 Å². The highest BCUT2D eigenvalue weighted by atomic mass is 16.4. The third-order valence-electron chi connectivity index (χ3n) is 1.82. The predicted molar refractivity (Wildman–Crippen MR) is 53.0 cm³/mol. The van der Waals surface area contributed by atoms with Crippen molar-refractivity contribution >= 4 is 11.9 Å². The van der Waals surface area contributed by atoms with Crippen molar-refractivity contribution in [1.29, 1.82) is 0 Å². The second-order valence-corrected chi connectivity index (χ2v) is 3.69. The fourth-order valence-electron chi connectivity index (χ4n) is 0.890. The van der Waals surface area contributed by atoms with Crippen LogP contribution in [-0.4, -0.2) is 36.1 Å². The highest BCUT2D eigenvalue weighted by Gasteiger charge is 2.28. The molecule has 82 valence electrons. The van der Waals surface area contributed by atoms with E-state index in [0.29, 0.717) is 12.8 Å². The average molecular weight is 202 g/mol. The number of carboxylic acids is 1. The van der Waals surface area contributed by atoms with Gasteiger partial charge in [-0.15, -0.1) is 0 Å². The van der Waals surface area contributed by atoms with Crippen molar-refractivity contribution in [2.45, 2.75) is 32.2 Å². The zero-order valence-corrected chi connectivity index (χ0v) is 8.89. The fourth-order valence-corrected chi connectivity index (χ4v) is 0.890. The van der Waals surface area contributed by atoms with E-state index in [9.17, 15) is 9.59 Å². The van der Waals surface area contributed by atoms with Crippen molar-refractivity contribution < 1.29 is 14.7 Å². The van der Waals surface area contributed by atoms with E-state index in [1.165, 1.54) is 13.8 Å². The van der Waals surface area contributed by atoms with Gasteiger partial charge in [-0.1, -0.05) is 0 Å². The second-order valence-electron chi connectivity index (χ2n) is 3.69. The van der Waals surface area contributed by atoms with Crippen LogP contribution in [-0.2, 0) is 9.59 Å². The molecule has 0 heterocycles. The molecule has 0 aromatic carbocycles. The maximum absolute atomic E-state index is 11.2. The molecule has 0 spiro atoms. The molecule has 0 aromatic heterocycles. The van der Waals surface area contributed by atoms with Gasteiger partial charge < -0.3 is 15.7 Å². The van der Waals surface area contributed by atoms with Gasteiger partial charge in [-0.25, -0.2) is 4.79 Å². The molecule has 0 aliphatic carbocycles. The average Bonchev–Trinajstić information content (AvgIpc) is 2.03. The predicted octanol–water partition coefficient (Wildman–Crippen LogP) is -0.0346. The number of rotatable bonds is 6. The molecule has 14 heavy (non-hydrogen) atoms. The Morgan fingerprint density at radius 3 is 2.36 bits per heavy atom. The minimum atomic E-state index is -1.18. The Bertz CT molecular complexity index is 214. The van der Waals surface area contributed by atoms with Crippen molar-refractivity contribution in [3.05, 3.63) is 0 Å². The molecule has 5 nitrogen and oxygen atoms in total. The van der Waals surface area contributed by atoms with E-state index in [0.717, 1.165) is 6.54 Å². The van der Waals surface area contributed by atoms with Gasteiger partial charge in [0.25, 0.3) is 0 Å². The number of carbonyl (C=O) groups is 2. The lowest BCUT2D eigenvalue weighted by Crippen LogP contribution is -2.49. The van der Waals surface area contributed by atoms with Crippen LogP contribution < -0.4 is 10.6 Å². The molecule has 5 heteroatoms. The summed E-state index contributed by atoms with van der Waals surface area (Å²) in [6.07, 6.45) is 1.05. The number of amides is 1. The molecule has 0 aliphatic heterocycles. The highest BCUT2D eigenvalue weighted by Crippen LogP contribution is 2.02. The molecule has 0 fully saturated rings. The van der Waals surface area contributed by atoms with Crippen LogP contribution in [0.15, 0.2) is 0 Å². The largest absolute Gasteiger partial charge is 0.480 e. The second kappa shape index (κ2) is 5.59. The molecule has 0 unspecified atom stereocenters. The van der Waals surface area contributed by atoms with E-state index in [1.807, 2.05) is 0 Å². The van der Waals surface area contributed by atoms with Crippen LogP contribution in [0, 0.1) is 0 Å². The van der Waals surface area contributed by atoms with E-state index >= 15 is 0 Å². The van der Waals surface area contributed by atoms with E-state index in [-0.39, 0.29) is 5.91 Å². The number of carboxylic acid groups (broad SMARTS) is 1. The lowest BCUT2D eigenvalue weighted by atomic mass is 10.1. The normalized spacial score (nSPS) is 11.1. The van der Waals surface area contributed by atoms with Gasteiger partial charge in [0.2, 0.25) is 5.91 Å². The Balaban J connectivity index is 3.88. The maximum Gasteiger partial charge on any atom is 0.328 e. The lowest BCUT2D eigenvalue weighted by molar-refractivity contribution is -0.146. The van der Waals surface area contributed by atoms with Gasteiger partial charge in [0.15, 0.2) is 0 Å². The molecule has 0 aliphatic rings. The van der Waals surface area contributed by atoms with Gasteiger partial charge in [0.05, 0.1) is 0 Å². The molecule has 0 rings (SSSR count). The van der Waals surface area contributed by atoms with Gasteiger partial charge in [0.1, 0.15) is 5.54 Å². The Morgan fingerprint density at radius 1 is 1.36 bits per heavy atom. The molecule has 1 amide bonds. The van der Waals surface area contributed by atoms with Crippen molar-refractivity contribution in [3.8, 4) is 0 Å². The van der Waals surface area contributed by atoms with Crippen molar-refractivity contribution in [3.63, 3.8) is 0 Å². The van der Waals surface area contributed by atoms with Crippen molar-refractivity contribution in [1.82, 2.24) is 10.6 Å². The zero-order chi connectivity index (χ0) is 11.2. The van der Waals surface area contributed by atoms with Gasteiger partial charge in [-0.3, -0.25) is 4.79 Å². The first-order valence-corrected chi connectivity index (χ1v) is 4.59. The molecular formula is C9H18N2O3. The minimum absolute atomic E-state index is 0.229. The molecule has 0 saturated heterocycles. The Morgan fingerprint density at radius 2 is 1.93 bits per heavy atom. The summed E-state index contributed by atoms with van der Waals surface area (Å²) < 4.78 is 0. The van der Waals surface area contributed by atoms with Crippen LogP contribution >= 0.6 is 0 Å². The first-order valence-electron chi connectivity index (χ1n) is 4.59. The Hall–Kier alpha value is -1.10. The monoisotopic (exact) mass is 202 g/mol. The van der Waals surface area contributed by atoms with Gasteiger partial charge >= 0.3 is 5.97 Å². The Labute approximate surface area is 83.9 Å². The lowest BCUT2D eigenvalue weighted by Gasteiger charge is -2.20. The van der Waals surface area contributed by atoms with Crippen LogP contribution in [0.25, 0.3) is 0 Å². The molecule has 0 saturated carbocycles. The molecule has 0 bridgehead atoms. The number of carbonyl (C=O) groups excluding carboxylic acids is 1. The van der Waals surface area contributed by atoms with Crippen LogP contribution in [0.2, 0.25) is 0 Å². The third kappa shape index (κ3) is 4.81. The fraction of sp³-hybridized carbons (Fsp3) is 0.778. The molecule has 3 N–H and O–H groups in total. The maximum atomic E-state index is 11.2. The summed E-state index contributed by atoms with van der Waals surface area (Å²) in [5.74, 6) is -1.26. The quantitative estimate of drug-likeness (QED) is 0.528. The molecular weight excluding hydrogens is 184 g/mol. The first-order chi connectivity index (χ1) is 6.40. The zero-order valence-electron chi connectivity index (χ0n) is 8.89. The highest BCUT2D eigenvalue weighted by molar-refractivity contribution is 5.86. The summed E-state index contributed by atoms with van der Waals surface area (Å²) >= 11 is 0. The summed E-state index contributed by atoms with van der Waals surface area (Å²) in [6.45, 7) is 3.68. The number of hydrogen-bond donors (Lipinski definition) is 3. The van der Waals surface area contributed by atoms with Crippen molar-refractivity contribution in [2.24, 2.45) is 0 Å². The topological polar surface area (TPSA) is 78.4 Å². The standard InChI is InChI=1S/C9H18N2O3/c1-9(2,8(13)14)11-7(12)5-4-6-10-3/h10H,4-6H2,1-3H3,(H,11,12)(H,13,14). The van der Waals surface area contributed by atoms with Crippen LogP contribution in [0.5, 0.6) is 0 Å². The summed E-state index contributed by atoms with van der Waals surface area (Å²) in [5.41, 5.74) is -1.18. The first kappa shape index (κ1) is 12.9. The number of aliphatic carboxylic acids is 1. The van der Waals surface area contributed by atoms with Gasteiger partial charge in [-0.2, -0.15) is 0 Å². The van der Waals surface area contributed by atoms with E-state index in [1.54, 1.807) is 7.05 Å². The smallest absolute Gasteiger partial charge is 0.328 e. The SMILES string of the molecule is CNCCCC(=O)NC(C)(C)C(=O)O. The van der Waals surface area contributed by atoms with Crippen molar-refractivity contribution in [2.75, 3.05) is 13.6 Å². The molecule has 0 aromatic rings.